The molecule has 4 fully saturated rings. The number of aliphatic hydroxyl groups is 1. The number of nitrogens with zero attached hydrogens (tertiary/aromatic N) is 2. The van der Waals surface area contributed by atoms with Crippen LogP contribution in [0.4, 0.5) is 0 Å². The third-order valence-corrected chi connectivity index (χ3v) is 13.0. The van der Waals surface area contributed by atoms with Crippen LogP contribution in [0.25, 0.3) is 0 Å². The fourth-order valence-electron chi connectivity index (χ4n) is 10.4. The number of rotatable bonds is 7. The Morgan fingerprint density at radius 2 is 1.77 bits per heavy atom. The smallest absolute Gasteiger partial charge is 0.335 e. The molecule has 2 heterocycles. The molecule has 3 saturated carbocycles. The highest BCUT2D eigenvalue weighted by atomic mass is 16.6. The van der Waals surface area contributed by atoms with E-state index in [1.165, 1.54) is 36.5 Å². The average molecular weight is 599 g/mol. The first-order valence-corrected chi connectivity index (χ1v) is 17.3. The van der Waals surface area contributed by atoms with E-state index in [-0.39, 0.29) is 22.4 Å². The topological polar surface area (TPSA) is 75.3 Å². The molecule has 7 rings (SSSR count). The quantitative estimate of drug-likeness (QED) is 0.271. The van der Waals surface area contributed by atoms with Crippen molar-refractivity contribution in [3.63, 3.8) is 0 Å². The summed E-state index contributed by atoms with van der Waals surface area (Å²) in [5.74, 6) is 1.80. The van der Waals surface area contributed by atoms with E-state index >= 15 is 0 Å². The van der Waals surface area contributed by atoms with Gasteiger partial charge >= 0.3 is 5.63 Å². The number of benzene rings is 1. The van der Waals surface area contributed by atoms with Gasteiger partial charge in [-0.3, -0.25) is 4.90 Å². The van der Waals surface area contributed by atoms with Crippen LogP contribution in [0.1, 0.15) is 95.1 Å². The molecule has 1 aromatic carbocycles. The molecular weight excluding hydrogens is 548 g/mol. The van der Waals surface area contributed by atoms with E-state index in [4.69, 9.17) is 9.25 Å². The van der Waals surface area contributed by atoms with Crippen LogP contribution in [-0.4, -0.2) is 47.6 Å². The van der Waals surface area contributed by atoms with Gasteiger partial charge in [-0.15, -0.1) is 0 Å². The number of hydrogen-bond acceptors (Lipinski definition) is 6. The summed E-state index contributed by atoms with van der Waals surface area (Å²) in [4.78, 5) is 20.0. The molecule has 4 aliphatic carbocycles. The van der Waals surface area contributed by atoms with Crippen molar-refractivity contribution in [2.75, 3.05) is 26.2 Å². The van der Waals surface area contributed by atoms with E-state index in [1.54, 1.807) is 6.26 Å². The Morgan fingerprint density at radius 1 is 0.955 bits per heavy atom. The summed E-state index contributed by atoms with van der Waals surface area (Å²) in [7, 11) is 0. The minimum Gasteiger partial charge on any atom is -0.431 e. The molecule has 0 radical (unpaired) electrons. The number of fused-ring (bicyclic) bond motifs is 5. The van der Waals surface area contributed by atoms with Crippen molar-refractivity contribution in [2.45, 2.75) is 96.0 Å². The molecule has 236 valence electrons. The van der Waals surface area contributed by atoms with Gasteiger partial charge < -0.3 is 14.4 Å². The monoisotopic (exact) mass is 598 g/mol. The van der Waals surface area contributed by atoms with E-state index < -0.39 is 5.60 Å². The summed E-state index contributed by atoms with van der Waals surface area (Å²) in [6.07, 6.45) is 15.7. The molecule has 44 heavy (non-hydrogen) atoms. The maximum absolute atomic E-state index is 12.5. The van der Waals surface area contributed by atoms with Gasteiger partial charge in [-0.05, 0) is 136 Å². The lowest BCUT2D eigenvalue weighted by molar-refractivity contribution is -0.176. The van der Waals surface area contributed by atoms with Crippen molar-refractivity contribution in [3.05, 3.63) is 81.9 Å². The fraction of sp³-hybridized carbons (Fsp3) is 0.632. The molecule has 6 heteroatoms. The Labute approximate surface area is 262 Å². The largest absolute Gasteiger partial charge is 0.431 e. The SMILES string of the molecule is C[C@]12CC/C(=N\OCCN3CCC(Cc4ccccc4)CC3)C=C1CC[C@@H]1[C@@H]2CC[C@]2(C)[C@@H](c3ccc(=O)oc3)CC[C@]12O. The molecule has 1 aliphatic heterocycles. The highest BCUT2D eigenvalue weighted by Gasteiger charge is 2.66. The van der Waals surface area contributed by atoms with Crippen molar-refractivity contribution < 1.29 is 14.4 Å². The van der Waals surface area contributed by atoms with Crippen molar-refractivity contribution >= 4 is 5.71 Å². The molecule has 0 amide bonds. The third kappa shape index (κ3) is 5.30. The fourth-order valence-corrected chi connectivity index (χ4v) is 10.4. The van der Waals surface area contributed by atoms with Crippen LogP contribution >= 0.6 is 0 Å². The molecule has 1 N–H and O–H groups in total. The lowest BCUT2D eigenvalue weighted by Gasteiger charge is -2.61. The van der Waals surface area contributed by atoms with Gasteiger partial charge in [0.05, 0.1) is 17.6 Å². The average Bonchev–Trinajstić information content (AvgIpc) is 3.32. The van der Waals surface area contributed by atoms with Crippen molar-refractivity contribution in [1.82, 2.24) is 4.90 Å². The van der Waals surface area contributed by atoms with Gasteiger partial charge in [-0.1, -0.05) is 54.9 Å². The summed E-state index contributed by atoms with van der Waals surface area (Å²) in [6, 6.07) is 14.3. The summed E-state index contributed by atoms with van der Waals surface area (Å²) in [5, 5.41) is 17.1. The van der Waals surface area contributed by atoms with Crippen LogP contribution in [-0.2, 0) is 11.3 Å². The van der Waals surface area contributed by atoms with Crippen LogP contribution in [0.2, 0.25) is 0 Å². The predicted octanol–water partition coefficient (Wildman–Crippen LogP) is 7.13. The minimum absolute atomic E-state index is 0.112. The lowest BCUT2D eigenvalue weighted by atomic mass is 9.45. The molecular formula is C38H50N2O4. The van der Waals surface area contributed by atoms with E-state index in [9.17, 15) is 9.90 Å². The Kier molecular flexibility index (Phi) is 8.11. The van der Waals surface area contributed by atoms with Gasteiger partial charge in [0.15, 0.2) is 0 Å². The van der Waals surface area contributed by atoms with Gasteiger partial charge in [0.2, 0.25) is 0 Å². The van der Waals surface area contributed by atoms with Crippen molar-refractivity contribution in [3.8, 4) is 0 Å². The van der Waals surface area contributed by atoms with Gasteiger partial charge in [0.1, 0.15) is 6.61 Å². The van der Waals surface area contributed by atoms with E-state index in [2.05, 4.69) is 60.3 Å². The summed E-state index contributed by atoms with van der Waals surface area (Å²) in [5.41, 5.74) is 4.05. The second-order valence-corrected chi connectivity index (χ2v) is 15.1. The van der Waals surface area contributed by atoms with Crippen LogP contribution in [0, 0.1) is 28.6 Å². The number of likely N-dealkylation sites (tertiary alicyclic amines) is 1. The molecule has 6 atom stereocenters. The molecule has 1 saturated heterocycles. The Hall–Kier alpha value is -2.70. The van der Waals surface area contributed by atoms with E-state index in [0.717, 1.165) is 88.2 Å². The third-order valence-electron chi connectivity index (χ3n) is 13.0. The van der Waals surface area contributed by atoms with Crippen molar-refractivity contribution in [2.24, 2.45) is 33.7 Å². The van der Waals surface area contributed by atoms with Gasteiger partial charge in [-0.25, -0.2) is 4.79 Å². The standard InChI is InChI=1S/C38H50N2O4/c1-36-17-12-31(39-44-23-22-40-20-15-28(16-21-40)24-27-6-4-3-5-7-27)25-30(36)9-10-34-33(36)13-18-37(2)32(14-19-38(34,37)42)29-8-11-35(41)43-26-29/h3-8,11,25-26,28,32-34,42H,9-10,12-24H2,1-2H3/b39-31+/t32-,33+,34-,36+,37-,38+/m1/s1. The second kappa shape index (κ2) is 11.9. The van der Waals surface area contributed by atoms with Crippen LogP contribution in [0.5, 0.6) is 0 Å². The summed E-state index contributed by atoms with van der Waals surface area (Å²) in [6.45, 7) is 8.65. The zero-order valence-corrected chi connectivity index (χ0v) is 26.7. The first-order chi connectivity index (χ1) is 21.3. The van der Waals surface area contributed by atoms with E-state index in [0.29, 0.717) is 18.4 Å². The number of hydrogen-bond donors (Lipinski definition) is 1. The maximum Gasteiger partial charge on any atom is 0.335 e. The Balaban J connectivity index is 0.941. The first-order valence-electron chi connectivity index (χ1n) is 17.3. The number of piperidine rings is 1. The summed E-state index contributed by atoms with van der Waals surface area (Å²) >= 11 is 0. The normalized spacial score (nSPS) is 36.8. The van der Waals surface area contributed by atoms with E-state index in [1.807, 2.05) is 6.07 Å². The molecule has 0 spiro atoms. The maximum atomic E-state index is 12.5. The van der Waals surface area contributed by atoms with Gasteiger partial charge in [0.25, 0.3) is 0 Å². The molecule has 0 bridgehead atoms. The number of oxime groups is 1. The van der Waals surface area contributed by atoms with Gasteiger partial charge in [-0.2, -0.15) is 0 Å². The Morgan fingerprint density at radius 3 is 2.55 bits per heavy atom. The summed E-state index contributed by atoms with van der Waals surface area (Å²) < 4.78 is 5.25. The second-order valence-electron chi connectivity index (χ2n) is 15.1. The molecule has 1 aromatic heterocycles. The zero-order valence-electron chi connectivity index (χ0n) is 26.7. The first kappa shape index (κ1) is 30.0. The van der Waals surface area contributed by atoms with Crippen LogP contribution in [0.3, 0.4) is 0 Å². The van der Waals surface area contributed by atoms with Crippen LogP contribution < -0.4 is 5.63 Å². The van der Waals surface area contributed by atoms with Crippen molar-refractivity contribution in [1.29, 1.82) is 0 Å². The zero-order chi connectivity index (χ0) is 30.4. The molecule has 6 nitrogen and oxygen atoms in total. The predicted molar refractivity (Wildman–Crippen MR) is 174 cm³/mol. The molecule has 0 unspecified atom stereocenters. The highest BCUT2D eigenvalue weighted by molar-refractivity contribution is 5.96. The van der Waals surface area contributed by atoms with Crippen LogP contribution in [0.15, 0.2) is 74.7 Å². The molecule has 5 aliphatic rings. The number of allylic oxidation sites excluding steroid dienone is 2. The minimum atomic E-state index is -0.682. The highest BCUT2D eigenvalue weighted by Crippen LogP contribution is 2.70. The lowest BCUT2D eigenvalue weighted by Crippen LogP contribution is -2.60. The molecule has 2 aromatic rings. The van der Waals surface area contributed by atoms with Gasteiger partial charge in [0, 0.05) is 18.0 Å². The Bertz CT molecular complexity index is 1420.